The summed E-state index contributed by atoms with van der Waals surface area (Å²) in [5.74, 6) is 0.545. The van der Waals surface area contributed by atoms with Gasteiger partial charge in [0.1, 0.15) is 6.61 Å². The number of thioether (sulfide) groups is 1. The summed E-state index contributed by atoms with van der Waals surface area (Å²) in [6.07, 6.45) is 3.40. The van der Waals surface area contributed by atoms with Crippen molar-refractivity contribution in [1.82, 2.24) is 10.2 Å². The second-order valence-electron chi connectivity index (χ2n) is 5.14. The number of nitrogens with one attached hydrogen (secondary N) is 1. The molecule has 2 amide bonds. The second-order valence-corrected chi connectivity index (χ2v) is 6.05. The minimum Gasteiger partial charge on any atom is -0.480 e. The Balaban J connectivity index is 2.20. The van der Waals surface area contributed by atoms with E-state index in [1.54, 1.807) is 16.7 Å². The van der Waals surface area contributed by atoms with E-state index in [1.165, 1.54) is 0 Å². The number of rotatable bonds is 7. The number of nitrogens with zero attached hydrogens (tertiary/aromatic N) is 1. The van der Waals surface area contributed by atoms with Gasteiger partial charge in [0.25, 0.3) is 0 Å². The number of urea groups is 1. The predicted octanol–water partition coefficient (Wildman–Crippen LogP) is 1.26. The van der Waals surface area contributed by atoms with Crippen molar-refractivity contribution in [2.75, 3.05) is 38.2 Å². The molecule has 1 aliphatic heterocycles. The van der Waals surface area contributed by atoms with Crippen LogP contribution in [0.2, 0.25) is 0 Å². The normalized spacial score (nSPS) is 17.8. The summed E-state index contributed by atoms with van der Waals surface area (Å²) in [5.41, 5.74) is 0. The molecule has 0 aliphatic carbocycles. The summed E-state index contributed by atoms with van der Waals surface area (Å²) in [4.78, 5) is 24.1. The Morgan fingerprint density at radius 3 is 2.65 bits per heavy atom. The molecule has 1 saturated heterocycles. The minimum atomic E-state index is -0.951. The fraction of sp³-hybridized carbons (Fsp3) is 0.846. The van der Waals surface area contributed by atoms with Gasteiger partial charge in [0.05, 0.1) is 6.10 Å². The molecule has 2 N–H and O–H groups in total. The Kier molecular flexibility index (Phi) is 7.76. The molecule has 0 aromatic carbocycles. The van der Waals surface area contributed by atoms with Crippen molar-refractivity contribution >= 4 is 23.8 Å². The molecule has 7 heteroatoms. The molecular formula is C13H24N2O4S. The molecule has 0 aromatic heterocycles. The van der Waals surface area contributed by atoms with Crippen molar-refractivity contribution < 1.29 is 19.4 Å². The van der Waals surface area contributed by atoms with Gasteiger partial charge in [-0.15, -0.1) is 0 Å². The van der Waals surface area contributed by atoms with E-state index in [9.17, 15) is 9.59 Å². The average Bonchev–Trinajstić information content (AvgIpc) is 2.43. The first kappa shape index (κ1) is 17.1. The summed E-state index contributed by atoms with van der Waals surface area (Å²) in [7, 11) is 0. The van der Waals surface area contributed by atoms with E-state index in [-0.39, 0.29) is 18.7 Å². The van der Waals surface area contributed by atoms with Crippen LogP contribution in [0.3, 0.4) is 0 Å². The summed E-state index contributed by atoms with van der Waals surface area (Å²) in [6.45, 7) is 3.78. The molecule has 116 valence electrons. The lowest BCUT2D eigenvalue weighted by atomic mass is 10.1. The van der Waals surface area contributed by atoms with Crippen LogP contribution in [0.1, 0.15) is 19.8 Å². The number of aliphatic carboxylic acids is 1. The van der Waals surface area contributed by atoms with Crippen molar-refractivity contribution in [2.24, 2.45) is 5.92 Å². The number of hydrogen-bond donors (Lipinski definition) is 2. The Hall–Kier alpha value is -0.950. The van der Waals surface area contributed by atoms with Crippen LogP contribution in [0.5, 0.6) is 0 Å². The zero-order chi connectivity index (χ0) is 15.0. The molecule has 1 fully saturated rings. The van der Waals surface area contributed by atoms with E-state index in [2.05, 4.69) is 18.5 Å². The van der Waals surface area contributed by atoms with E-state index in [4.69, 9.17) is 9.84 Å². The van der Waals surface area contributed by atoms with Crippen molar-refractivity contribution in [1.29, 1.82) is 0 Å². The third-order valence-electron chi connectivity index (χ3n) is 3.22. The highest BCUT2D eigenvalue weighted by Crippen LogP contribution is 2.13. The number of likely N-dealkylation sites (tertiary alicyclic amines) is 1. The molecule has 1 atom stereocenters. The van der Waals surface area contributed by atoms with E-state index >= 15 is 0 Å². The largest absolute Gasteiger partial charge is 0.480 e. The van der Waals surface area contributed by atoms with E-state index in [1.807, 2.05) is 0 Å². The van der Waals surface area contributed by atoms with Crippen molar-refractivity contribution in [3.05, 3.63) is 0 Å². The third kappa shape index (κ3) is 6.47. The molecule has 0 bridgehead atoms. The van der Waals surface area contributed by atoms with Gasteiger partial charge < -0.3 is 20.1 Å². The summed E-state index contributed by atoms with van der Waals surface area (Å²) < 4.78 is 5.24. The Morgan fingerprint density at radius 1 is 1.45 bits per heavy atom. The molecule has 1 heterocycles. The number of amides is 2. The molecule has 20 heavy (non-hydrogen) atoms. The highest BCUT2D eigenvalue weighted by molar-refractivity contribution is 7.98. The van der Waals surface area contributed by atoms with Crippen LogP contribution in [-0.2, 0) is 9.53 Å². The first-order chi connectivity index (χ1) is 9.52. The van der Waals surface area contributed by atoms with E-state index in [0.717, 1.165) is 5.75 Å². The standard InChI is InChI=1S/C13H24N2O4S/c1-10(9-20-2)7-14-13(18)15-5-3-11(4-6-15)19-8-12(16)17/h10-11H,3-9H2,1-2H3,(H,14,18)(H,16,17). The summed E-state index contributed by atoms with van der Waals surface area (Å²) in [5, 5.41) is 11.5. The lowest BCUT2D eigenvalue weighted by molar-refractivity contribution is -0.145. The Labute approximate surface area is 124 Å². The highest BCUT2D eigenvalue weighted by atomic mass is 32.2. The number of piperidine rings is 1. The predicted molar refractivity (Wildman–Crippen MR) is 79.1 cm³/mol. The van der Waals surface area contributed by atoms with Crippen LogP contribution < -0.4 is 5.32 Å². The number of carboxylic acids is 1. The molecule has 0 spiro atoms. The Morgan fingerprint density at radius 2 is 2.10 bits per heavy atom. The Bertz CT molecular complexity index is 319. The molecule has 0 radical (unpaired) electrons. The first-order valence-corrected chi connectivity index (χ1v) is 8.27. The van der Waals surface area contributed by atoms with Gasteiger partial charge >= 0.3 is 12.0 Å². The number of carbonyl (C=O) groups is 2. The van der Waals surface area contributed by atoms with E-state index in [0.29, 0.717) is 38.4 Å². The summed E-state index contributed by atoms with van der Waals surface area (Å²) >= 11 is 1.78. The monoisotopic (exact) mass is 304 g/mol. The van der Waals surface area contributed by atoms with Crippen molar-refractivity contribution in [3.8, 4) is 0 Å². The van der Waals surface area contributed by atoms with Crippen molar-refractivity contribution in [3.63, 3.8) is 0 Å². The maximum absolute atomic E-state index is 12.0. The van der Waals surface area contributed by atoms with Crippen LogP contribution in [0.4, 0.5) is 4.79 Å². The molecular weight excluding hydrogens is 280 g/mol. The highest BCUT2D eigenvalue weighted by Gasteiger charge is 2.23. The third-order valence-corrected chi connectivity index (χ3v) is 4.13. The van der Waals surface area contributed by atoms with Gasteiger partial charge in [-0.05, 0) is 30.8 Å². The SMILES string of the molecule is CSCC(C)CNC(=O)N1CCC(OCC(=O)O)CC1. The van der Waals surface area contributed by atoms with Gasteiger partial charge in [0, 0.05) is 19.6 Å². The van der Waals surface area contributed by atoms with Crippen LogP contribution in [-0.4, -0.2) is 66.4 Å². The van der Waals surface area contributed by atoms with Gasteiger partial charge in [-0.1, -0.05) is 6.92 Å². The minimum absolute atomic E-state index is 0.0327. The zero-order valence-electron chi connectivity index (χ0n) is 12.1. The lowest BCUT2D eigenvalue weighted by Gasteiger charge is -2.32. The quantitative estimate of drug-likeness (QED) is 0.740. The van der Waals surface area contributed by atoms with E-state index < -0.39 is 5.97 Å². The fourth-order valence-electron chi connectivity index (χ4n) is 2.13. The number of hydrogen-bond acceptors (Lipinski definition) is 4. The number of carboxylic acid groups (broad SMARTS) is 1. The summed E-state index contributed by atoms with van der Waals surface area (Å²) in [6, 6.07) is -0.0327. The first-order valence-electron chi connectivity index (χ1n) is 6.88. The maximum Gasteiger partial charge on any atom is 0.329 e. The van der Waals surface area contributed by atoms with Gasteiger partial charge in [-0.2, -0.15) is 11.8 Å². The van der Waals surface area contributed by atoms with Crippen molar-refractivity contribution in [2.45, 2.75) is 25.9 Å². The second kappa shape index (κ2) is 9.07. The molecule has 0 aromatic rings. The average molecular weight is 304 g/mol. The zero-order valence-corrected chi connectivity index (χ0v) is 12.9. The number of carbonyl (C=O) groups excluding carboxylic acids is 1. The molecule has 6 nitrogen and oxygen atoms in total. The van der Waals surface area contributed by atoms with Crippen LogP contribution in [0.25, 0.3) is 0 Å². The smallest absolute Gasteiger partial charge is 0.329 e. The molecule has 1 unspecified atom stereocenters. The maximum atomic E-state index is 12.0. The van der Waals surface area contributed by atoms with Crippen LogP contribution in [0, 0.1) is 5.92 Å². The van der Waals surface area contributed by atoms with Gasteiger partial charge in [0.2, 0.25) is 0 Å². The van der Waals surface area contributed by atoms with Crippen LogP contribution in [0.15, 0.2) is 0 Å². The van der Waals surface area contributed by atoms with Gasteiger partial charge in [0.15, 0.2) is 0 Å². The topological polar surface area (TPSA) is 78.9 Å². The molecule has 0 saturated carbocycles. The fourth-order valence-corrected chi connectivity index (χ4v) is 2.82. The van der Waals surface area contributed by atoms with Crippen LogP contribution >= 0.6 is 11.8 Å². The molecule has 1 rings (SSSR count). The van der Waals surface area contributed by atoms with Gasteiger partial charge in [-0.25, -0.2) is 9.59 Å². The number of ether oxygens (including phenoxy) is 1. The van der Waals surface area contributed by atoms with Gasteiger partial charge in [-0.3, -0.25) is 0 Å². The molecule has 1 aliphatic rings. The lowest BCUT2D eigenvalue weighted by Crippen LogP contribution is -2.47.